The van der Waals surface area contributed by atoms with Gasteiger partial charge in [0.25, 0.3) is 0 Å². The number of aliphatic hydroxyl groups is 3. The number of carbonyl (C=O) groups is 2. The monoisotopic (exact) mass is 681 g/mol. The molecule has 49 heavy (non-hydrogen) atoms. The number of rotatable bonds is 15. The predicted octanol–water partition coefficient (Wildman–Crippen LogP) is -2.36. The van der Waals surface area contributed by atoms with Crippen LogP contribution in [0.15, 0.2) is 91.1 Å². The number of hydrogen-bond donors (Lipinski definition) is 5. The van der Waals surface area contributed by atoms with Crippen LogP contribution < -0.4 is 45.3 Å². The Morgan fingerprint density at radius 2 is 1.65 bits per heavy atom. The first kappa shape index (κ1) is 38.3. The van der Waals surface area contributed by atoms with Gasteiger partial charge in [-0.1, -0.05) is 90.1 Å². The second-order valence-corrected chi connectivity index (χ2v) is 11.8. The summed E-state index contributed by atoms with van der Waals surface area (Å²) < 4.78 is 13.1. The number of carboxylic acids is 1. The summed E-state index contributed by atoms with van der Waals surface area (Å²) in [6, 6.07) is 26.1. The summed E-state index contributed by atoms with van der Waals surface area (Å²) >= 11 is 0. The number of aliphatic carboxylic acids is 1. The molecule has 0 aliphatic carbocycles. The zero-order valence-electron chi connectivity index (χ0n) is 27.5. The van der Waals surface area contributed by atoms with E-state index >= 15 is 0 Å². The summed E-state index contributed by atoms with van der Waals surface area (Å²) in [5, 5.41) is 59.2. The maximum Gasteiger partial charge on any atom is 1.00 e. The van der Waals surface area contributed by atoms with Crippen LogP contribution in [0.5, 0.6) is 0 Å². The van der Waals surface area contributed by atoms with Gasteiger partial charge in [-0.3, -0.25) is 9.48 Å². The molecule has 1 aromatic heterocycles. The van der Waals surface area contributed by atoms with Crippen molar-refractivity contribution in [3.63, 3.8) is 0 Å². The van der Waals surface area contributed by atoms with Crippen LogP contribution in [0.4, 0.5) is 0 Å². The van der Waals surface area contributed by atoms with Crippen molar-refractivity contribution in [3.05, 3.63) is 96.7 Å². The van der Waals surface area contributed by atoms with Crippen molar-refractivity contribution in [2.24, 2.45) is 0 Å². The summed E-state index contributed by atoms with van der Waals surface area (Å²) in [6.45, 7) is 1.70. The van der Waals surface area contributed by atoms with Gasteiger partial charge in [-0.15, -0.1) is 5.10 Å². The molecule has 5 rings (SSSR count). The number of aryl methyl sites for hydroxylation is 1. The Labute approximate surface area is 306 Å². The molecule has 0 unspecified atom stereocenters. The average molecular weight is 682 g/mol. The van der Waals surface area contributed by atoms with Gasteiger partial charge in [-0.05, 0) is 23.1 Å². The predicted molar refractivity (Wildman–Crippen MR) is 172 cm³/mol. The molecular formula is C35H40N5NaO8. The van der Waals surface area contributed by atoms with Gasteiger partial charge in [-0.2, -0.15) is 0 Å². The number of carbonyl (C=O) groups excluding carboxylic acids is 2. The molecule has 0 bridgehead atoms. The van der Waals surface area contributed by atoms with Crippen LogP contribution in [-0.2, 0) is 32.2 Å². The number of hydrogen-bond acceptors (Lipinski definition) is 11. The minimum absolute atomic E-state index is 0. The molecule has 1 saturated heterocycles. The van der Waals surface area contributed by atoms with Crippen LogP contribution in [0.2, 0.25) is 0 Å². The number of benzene rings is 3. The van der Waals surface area contributed by atoms with Gasteiger partial charge in [0.1, 0.15) is 23.9 Å². The van der Waals surface area contributed by atoms with E-state index in [1.807, 2.05) is 84.9 Å². The smallest absolute Gasteiger partial charge is 0.544 e. The maximum atomic E-state index is 12.4. The van der Waals surface area contributed by atoms with E-state index in [0.29, 0.717) is 25.2 Å². The summed E-state index contributed by atoms with van der Waals surface area (Å²) in [7, 11) is 0. The number of nitrogens with zero attached hydrogens (tertiary/aromatic N) is 3. The van der Waals surface area contributed by atoms with E-state index in [4.69, 9.17) is 9.47 Å². The minimum atomic E-state index is -2.45. The molecule has 1 amide bonds. The number of aromatic nitrogens is 3. The van der Waals surface area contributed by atoms with Crippen molar-refractivity contribution in [1.82, 2.24) is 25.6 Å². The van der Waals surface area contributed by atoms with Gasteiger partial charge in [0, 0.05) is 38.5 Å². The SMILES string of the molecule is CC(=O)N[C@H]1[C@H]([C@H](O)[C@H](O)CNCc2ccccc2)O[C@@](OCCCn2cc(-c3ccc(-c4ccccc4)cc3)nn2)(C(=O)[O-])C[C@@H]1O.[Na+]. The first-order valence-electron chi connectivity index (χ1n) is 15.8. The van der Waals surface area contributed by atoms with Crippen molar-refractivity contribution < 1.29 is 69.0 Å². The van der Waals surface area contributed by atoms with Crippen LogP contribution in [0.25, 0.3) is 22.4 Å². The molecule has 0 saturated carbocycles. The number of aliphatic hydroxyl groups excluding tert-OH is 3. The van der Waals surface area contributed by atoms with Gasteiger partial charge >= 0.3 is 29.6 Å². The van der Waals surface area contributed by atoms with Crippen LogP contribution in [0, 0.1) is 0 Å². The van der Waals surface area contributed by atoms with Crippen LogP contribution in [-0.4, -0.2) is 91.6 Å². The topological polar surface area (TPSA) is 191 Å². The zero-order valence-corrected chi connectivity index (χ0v) is 29.5. The van der Waals surface area contributed by atoms with E-state index in [9.17, 15) is 30.0 Å². The molecule has 0 spiro atoms. The quantitative estimate of drug-likeness (QED) is 0.0666. The van der Waals surface area contributed by atoms with E-state index in [0.717, 1.165) is 22.3 Å². The second kappa shape index (κ2) is 17.9. The summed E-state index contributed by atoms with van der Waals surface area (Å²) in [5.74, 6) is -4.76. The number of nitrogens with one attached hydrogen (secondary N) is 2. The van der Waals surface area contributed by atoms with Crippen molar-refractivity contribution in [2.75, 3.05) is 13.2 Å². The molecule has 4 aromatic rings. The fraction of sp³-hybridized carbons (Fsp3) is 0.371. The third-order valence-corrected chi connectivity index (χ3v) is 8.20. The Bertz CT molecular complexity index is 1630. The standard InChI is InChI=1S/C35H41N5O8.Na/c1-23(41)37-31-29(42)19-35(34(45)46,48-33(31)32(44)30(43)21-36-20-24-9-4-2-5-10-24)47-18-8-17-40-22-28(38-39-40)27-15-13-26(14-16-27)25-11-6-3-7-12-25;/h2-7,9-16,22,29-33,36,42-44H,8,17-21H2,1H3,(H,37,41)(H,45,46);/q;+1/p-1/t29-,30+,31+,32+,33+,35+;/m0./s1. The van der Waals surface area contributed by atoms with Gasteiger partial charge in [0.05, 0.1) is 31.1 Å². The molecule has 6 atom stereocenters. The summed E-state index contributed by atoms with van der Waals surface area (Å²) in [6.07, 6.45) is -4.74. The van der Waals surface area contributed by atoms with E-state index in [1.54, 1.807) is 10.9 Å². The fourth-order valence-electron chi connectivity index (χ4n) is 5.71. The maximum absolute atomic E-state index is 12.4. The molecule has 0 radical (unpaired) electrons. The first-order chi connectivity index (χ1) is 23.1. The molecule has 2 heterocycles. The summed E-state index contributed by atoms with van der Waals surface area (Å²) in [4.78, 5) is 24.3. The normalized spacial score (nSPS) is 21.7. The molecule has 1 aliphatic rings. The van der Waals surface area contributed by atoms with Crippen molar-refractivity contribution in [1.29, 1.82) is 0 Å². The fourth-order valence-corrected chi connectivity index (χ4v) is 5.71. The largest absolute Gasteiger partial charge is 1.00 e. The number of ether oxygens (including phenoxy) is 2. The minimum Gasteiger partial charge on any atom is -0.544 e. The molecule has 254 valence electrons. The molecular weight excluding hydrogens is 641 g/mol. The van der Waals surface area contributed by atoms with Crippen LogP contribution >= 0.6 is 0 Å². The first-order valence-corrected chi connectivity index (χ1v) is 15.8. The van der Waals surface area contributed by atoms with Gasteiger partial charge in [0.15, 0.2) is 0 Å². The van der Waals surface area contributed by atoms with E-state index in [1.165, 1.54) is 6.92 Å². The van der Waals surface area contributed by atoms with Crippen molar-refractivity contribution in [2.45, 2.75) is 69.1 Å². The van der Waals surface area contributed by atoms with Gasteiger partial charge < -0.3 is 45.3 Å². The molecule has 5 N–H and O–H groups in total. The Balaban J connectivity index is 0.00000541. The van der Waals surface area contributed by atoms with Gasteiger partial charge in [-0.25, -0.2) is 0 Å². The van der Waals surface area contributed by atoms with E-state index in [-0.39, 0.29) is 42.7 Å². The second-order valence-electron chi connectivity index (χ2n) is 11.8. The Morgan fingerprint density at radius 3 is 2.31 bits per heavy atom. The molecule has 14 heteroatoms. The Hall–Kier alpha value is -3.50. The molecule has 3 aromatic carbocycles. The van der Waals surface area contributed by atoms with Crippen LogP contribution in [0.3, 0.4) is 0 Å². The Morgan fingerprint density at radius 1 is 1.02 bits per heavy atom. The van der Waals surface area contributed by atoms with Gasteiger partial charge in [0.2, 0.25) is 11.7 Å². The van der Waals surface area contributed by atoms with Crippen molar-refractivity contribution in [3.8, 4) is 22.4 Å². The number of carboxylic acid groups (broad SMARTS) is 1. The van der Waals surface area contributed by atoms with E-state index in [2.05, 4.69) is 20.9 Å². The van der Waals surface area contributed by atoms with E-state index < -0.39 is 54.5 Å². The molecule has 1 aliphatic heterocycles. The third kappa shape index (κ3) is 10.0. The average Bonchev–Trinajstić information content (AvgIpc) is 3.57. The number of amides is 1. The zero-order chi connectivity index (χ0) is 34.1. The summed E-state index contributed by atoms with van der Waals surface area (Å²) in [5.41, 5.74) is 4.68. The third-order valence-electron chi connectivity index (χ3n) is 8.20. The van der Waals surface area contributed by atoms with Crippen molar-refractivity contribution >= 4 is 11.9 Å². The molecule has 13 nitrogen and oxygen atoms in total. The Kier molecular flexibility index (Phi) is 14.0. The molecule has 1 fully saturated rings. The van der Waals surface area contributed by atoms with Crippen LogP contribution in [0.1, 0.15) is 25.3 Å².